The van der Waals surface area contributed by atoms with Crippen LogP contribution < -0.4 is 5.32 Å². The zero-order valence-electron chi connectivity index (χ0n) is 11.5. The first-order chi connectivity index (χ1) is 7.63. The van der Waals surface area contributed by atoms with Gasteiger partial charge in [0.1, 0.15) is 0 Å². The fraction of sp³-hybridized carbons (Fsp3) is 1.00. The summed E-state index contributed by atoms with van der Waals surface area (Å²) in [5, 5.41) is 3.73. The topological polar surface area (TPSA) is 21.3 Å². The summed E-state index contributed by atoms with van der Waals surface area (Å²) in [7, 11) is 0. The molecule has 2 nitrogen and oxygen atoms in total. The lowest BCUT2D eigenvalue weighted by atomic mass is 9.81. The number of nitrogens with one attached hydrogen (secondary N) is 1. The number of hydrogen-bond acceptors (Lipinski definition) is 2. The van der Waals surface area contributed by atoms with Crippen LogP contribution in [0.4, 0.5) is 0 Å². The second-order valence-corrected chi connectivity index (χ2v) is 5.61. The smallest absolute Gasteiger partial charge is 0.0622 e. The van der Waals surface area contributed by atoms with Crippen molar-refractivity contribution in [2.75, 3.05) is 13.2 Å². The monoisotopic (exact) mass is 227 g/mol. The van der Waals surface area contributed by atoms with Crippen molar-refractivity contribution in [2.24, 2.45) is 11.8 Å². The Balaban J connectivity index is 2.22. The van der Waals surface area contributed by atoms with Gasteiger partial charge in [0.15, 0.2) is 0 Å². The molecule has 0 radical (unpaired) electrons. The van der Waals surface area contributed by atoms with Gasteiger partial charge < -0.3 is 10.1 Å². The summed E-state index contributed by atoms with van der Waals surface area (Å²) in [6.07, 6.45) is 5.69. The summed E-state index contributed by atoms with van der Waals surface area (Å²) in [5.41, 5.74) is 0. The van der Waals surface area contributed by atoms with Crippen LogP contribution in [0.1, 0.15) is 53.4 Å². The van der Waals surface area contributed by atoms with Gasteiger partial charge in [-0.25, -0.2) is 0 Å². The maximum absolute atomic E-state index is 5.54. The van der Waals surface area contributed by atoms with Crippen LogP contribution >= 0.6 is 0 Å². The van der Waals surface area contributed by atoms with Crippen LogP contribution in [0.3, 0.4) is 0 Å². The minimum atomic E-state index is 0.509. The third-order valence-corrected chi connectivity index (χ3v) is 3.72. The molecule has 0 amide bonds. The standard InChI is InChI=1S/C14H29NO/c1-5-16-10-14(11(2)3)15-12(4)9-13-7-6-8-13/h11-15H,5-10H2,1-4H3. The molecule has 1 saturated carbocycles. The molecule has 0 aromatic carbocycles. The molecule has 1 aliphatic carbocycles. The van der Waals surface area contributed by atoms with E-state index >= 15 is 0 Å². The Morgan fingerprint density at radius 3 is 2.38 bits per heavy atom. The summed E-state index contributed by atoms with van der Waals surface area (Å²) < 4.78 is 5.54. The van der Waals surface area contributed by atoms with Gasteiger partial charge in [-0.15, -0.1) is 0 Å². The first kappa shape index (κ1) is 14.0. The molecule has 1 fully saturated rings. The van der Waals surface area contributed by atoms with Crippen LogP contribution in [-0.4, -0.2) is 25.3 Å². The molecule has 2 heteroatoms. The highest BCUT2D eigenvalue weighted by Gasteiger charge is 2.22. The van der Waals surface area contributed by atoms with E-state index in [9.17, 15) is 0 Å². The van der Waals surface area contributed by atoms with E-state index in [0.29, 0.717) is 18.0 Å². The van der Waals surface area contributed by atoms with Crippen molar-refractivity contribution < 1.29 is 4.74 Å². The van der Waals surface area contributed by atoms with E-state index in [2.05, 4.69) is 33.0 Å². The normalized spacial score (nSPS) is 20.8. The fourth-order valence-electron chi connectivity index (χ4n) is 2.34. The average molecular weight is 227 g/mol. The van der Waals surface area contributed by atoms with Crippen LogP contribution in [0.15, 0.2) is 0 Å². The Kier molecular flexibility index (Phi) is 6.37. The van der Waals surface area contributed by atoms with Crippen LogP contribution in [0.25, 0.3) is 0 Å². The van der Waals surface area contributed by atoms with Crippen molar-refractivity contribution in [1.82, 2.24) is 5.32 Å². The van der Waals surface area contributed by atoms with Crippen LogP contribution in [0, 0.1) is 11.8 Å². The summed E-state index contributed by atoms with van der Waals surface area (Å²) in [6.45, 7) is 10.6. The summed E-state index contributed by atoms with van der Waals surface area (Å²) in [5.74, 6) is 1.64. The molecule has 0 aliphatic heterocycles. The van der Waals surface area contributed by atoms with Gasteiger partial charge in [-0.3, -0.25) is 0 Å². The van der Waals surface area contributed by atoms with Gasteiger partial charge in [0.25, 0.3) is 0 Å². The second kappa shape index (κ2) is 7.29. The van der Waals surface area contributed by atoms with Crippen LogP contribution in [0.2, 0.25) is 0 Å². The van der Waals surface area contributed by atoms with Crippen molar-refractivity contribution in [3.8, 4) is 0 Å². The molecule has 1 rings (SSSR count). The molecule has 0 spiro atoms. The number of ether oxygens (including phenoxy) is 1. The van der Waals surface area contributed by atoms with Crippen LogP contribution in [0.5, 0.6) is 0 Å². The molecule has 1 N–H and O–H groups in total. The molecule has 0 aromatic rings. The molecular formula is C14H29NO. The van der Waals surface area contributed by atoms with E-state index in [4.69, 9.17) is 4.74 Å². The van der Waals surface area contributed by atoms with E-state index in [-0.39, 0.29) is 0 Å². The maximum atomic E-state index is 5.54. The average Bonchev–Trinajstić information content (AvgIpc) is 2.18. The molecule has 0 heterocycles. The van der Waals surface area contributed by atoms with E-state index in [1.165, 1.54) is 25.7 Å². The van der Waals surface area contributed by atoms with Gasteiger partial charge >= 0.3 is 0 Å². The molecule has 16 heavy (non-hydrogen) atoms. The SMILES string of the molecule is CCOCC(NC(C)CC1CCC1)C(C)C. The van der Waals surface area contributed by atoms with Crippen molar-refractivity contribution in [1.29, 1.82) is 0 Å². The van der Waals surface area contributed by atoms with E-state index < -0.39 is 0 Å². The Morgan fingerprint density at radius 1 is 1.25 bits per heavy atom. The van der Waals surface area contributed by atoms with E-state index in [1.807, 2.05) is 0 Å². The summed E-state index contributed by atoms with van der Waals surface area (Å²) >= 11 is 0. The van der Waals surface area contributed by atoms with E-state index in [1.54, 1.807) is 0 Å². The Bertz CT molecular complexity index is 178. The van der Waals surface area contributed by atoms with Gasteiger partial charge in [-0.1, -0.05) is 33.1 Å². The zero-order valence-corrected chi connectivity index (χ0v) is 11.5. The quantitative estimate of drug-likeness (QED) is 0.687. The van der Waals surface area contributed by atoms with Crippen molar-refractivity contribution in [3.05, 3.63) is 0 Å². The molecular weight excluding hydrogens is 198 g/mol. The third-order valence-electron chi connectivity index (χ3n) is 3.72. The molecule has 2 atom stereocenters. The van der Waals surface area contributed by atoms with Crippen molar-refractivity contribution in [3.63, 3.8) is 0 Å². The highest BCUT2D eigenvalue weighted by molar-refractivity contribution is 4.79. The summed E-state index contributed by atoms with van der Waals surface area (Å²) in [6, 6.07) is 1.15. The van der Waals surface area contributed by atoms with Crippen molar-refractivity contribution >= 4 is 0 Å². The lowest BCUT2D eigenvalue weighted by Crippen LogP contribution is -2.44. The second-order valence-electron chi connectivity index (χ2n) is 5.61. The minimum absolute atomic E-state index is 0.509. The van der Waals surface area contributed by atoms with Gasteiger partial charge in [0.05, 0.1) is 6.61 Å². The number of hydrogen-bond donors (Lipinski definition) is 1. The van der Waals surface area contributed by atoms with Gasteiger partial charge in [-0.2, -0.15) is 0 Å². The van der Waals surface area contributed by atoms with Crippen molar-refractivity contribution in [2.45, 2.75) is 65.5 Å². The largest absolute Gasteiger partial charge is 0.380 e. The predicted molar refractivity (Wildman–Crippen MR) is 69.7 cm³/mol. The molecule has 1 aliphatic rings. The van der Waals surface area contributed by atoms with Gasteiger partial charge in [-0.05, 0) is 32.1 Å². The molecule has 96 valence electrons. The number of rotatable bonds is 8. The highest BCUT2D eigenvalue weighted by Crippen LogP contribution is 2.30. The molecule has 2 unspecified atom stereocenters. The van der Waals surface area contributed by atoms with Crippen LogP contribution in [-0.2, 0) is 4.74 Å². The first-order valence-corrected chi connectivity index (χ1v) is 6.97. The molecule has 0 bridgehead atoms. The van der Waals surface area contributed by atoms with Gasteiger partial charge in [0.2, 0.25) is 0 Å². The lowest BCUT2D eigenvalue weighted by molar-refractivity contribution is 0.101. The lowest BCUT2D eigenvalue weighted by Gasteiger charge is -2.32. The van der Waals surface area contributed by atoms with Gasteiger partial charge in [0, 0.05) is 18.7 Å². The zero-order chi connectivity index (χ0) is 12.0. The Hall–Kier alpha value is -0.0800. The minimum Gasteiger partial charge on any atom is -0.380 e. The summed E-state index contributed by atoms with van der Waals surface area (Å²) in [4.78, 5) is 0. The maximum Gasteiger partial charge on any atom is 0.0622 e. The fourth-order valence-corrected chi connectivity index (χ4v) is 2.34. The Labute approximate surface area is 101 Å². The predicted octanol–water partition coefficient (Wildman–Crippen LogP) is 3.22. The van der Waals surface area contributed by atoms with E-state index in [0.717, 1.165) is 19.1 Å². The highest BCUT2D eigenvalue weighted by atomic mass is 16.5. The Morgan fingerprint density at radius 2 is 1.94 bits per heavy atom. The third kappa shape index (κ3) is 4.84. The first-order valence-electron chi connectivity index (χ1n) is 6.97. The molecule has 0 saturated heterocycles. The molecule has 0 aromatic heterocycles.